The van der Waals surface area contributed by atoms with E-state index in [4.69, 9.17) is 0 Å². The minimum atomic E-state index is 0.141. The first-order chi connectivity index (χ1) is 9.16. The first-order valence-electron chi connectivity index (χ1n) is 6.87. The van der Waals surface area contributed by atoms with Crippen LogP contribution in [0.15, 0.2) is 12.1 Å². The molecule has 2 rings (SSSR count). The molecule has 0 aromatic carbocycles. The molecule has 0 unspecified atom stereocenters. The molecular weight excluding hydrogens is 258 g/mol. The third kappa shape index (κ3) is 4.28. The number of piperidine rings is 1. The highest BCUT2D eigenvalue weighted by Gasteiger charge is 2.14. The minimum absolute atomic E-state index is 0.141. The molecule has 1 amide bonds. The Labute approximate surface area is 119 Å². The van der Waals surface area contributed by atoms with Crippen molar-refractivity contribution in [2.75, 3.05) is 18.8 Å². The topological polar surface area (TPSA) is 46.1 Å². The van der Waals surface area contributed by atoms with E-state index < -0.39 is 0 Å². The smallest absolute Gasteiger partial charge is 0.230 e. The van der Waals surface area contributed by atoms with Gasteiger partial charge in [0.25, 0.3) is 0 Å². The van der Waals surface area contributed by atoms with Crippen molar-refractivity contribution in [1.29, 1.82) is 0 Å². The van der Waals surface area contributed by atoms with E-state index in [2.05, 4.69) is 34.3 Å². The summed E-state index contributed by atoms with van der Waals surface area (Å²) in [4.78, 5) is 11.8. The molecule has 0 bridgehead atoms. The SMILES string of the molecule is Cc1ccc(CNC(=O)CSC2CCNCC2)n1C. The highest BCUT2D eigenvalue weighted by molar-refractivity contribution is 8.00. The number of carbonyl (C=O) groups is 1. The first-order valence-corrected chi connectivity index (χ1v) is 7.92. The lowest BCUT2D eigenvalue weighted by Gasteiger charge is -2.21. The summed E-state index contributed by atoms with van der Waals surface area (Å²) in [5.41, 5.74) is 2.37. The largest absolute Gasteiger partial charge is 0.350 e. The summed E-state index contributed by atoms with van der Waals surface area (Å²) in [5, 5.41) is 6.98. The Hall–Kier alpha value is -0.940. The maximum Gasteiger partial charge on any atom is 0.230 e. The summed E-state index contributed by atoms with van der Waals surface area (Å²) in [7, 11) is 2.03. The zero-order valence-corrected chi connectivity index (χ0v) is 12.6. The molecule has 4 nitrogen and oxygen atoms in total. The molecule has 1 fully saturated rings. The van der Waals surface area contributed by atoms with Crippen molar-refractivity contribution in [3.8, 4) is 0 Å². The molecule has 1 aromatic rings. The van der Waals surface area contributed by atoms with E-state index in [1.54, 1.807) is 11.8 Å². The van der Waals surface area contributed by atoms with Crippen molar-refractivity contribution in [3.05, 3.63) is 23.5 Å². The standard InChI is InChI=1S/C14H23N3OS/c1-11-3-4-12(17(11)2)9-16-14(18)10-19-13-5-7-15-8-6-13/h3-4,13,15H,5-10H2,1-2H3,(H,16,18). The fourth-order valence-corrected chi connectivity index (χ4v) is 3.30. The van der Waals surface area contributed by atoms with Crippen molar-refractivity contribution in [2.24, 2.45) is 7.05 Å². The molecule has 106 valence electrons. The number of aryl methyl sites for hydroxylation is 1. The summed E-state index contributed by atoms with van der Waals surface area (Å²) in [6.45, 7) is 4.86. The summed E-state index contributed by atoms with van der Waals surface area (Å²) < 4.78 is 2.11. The van der Waals surface area contributed by atoms with Crippen LogP contribution in [0.4, 0.5) is 0 Å². The fraction of sp³-hybridized carbons (Fsp3) is 0.643. The third-order valence-electron chi connectivity index (χ3n) is 3.68. The Morgan fingerprint density at radius 2 is 2.21 bits per heavy atom. The van der Waals surface area contributed by atoms with Gasteiger partial charge in [-0.2, -0.15) is 0 Å². The number of hydrogen-bond donors (Lipinski definition) is 2. The normalized spacial score (nSPS) is 16.5. The average Bonchev–Trinajstić information content (AvgIpc) is 2.75. The molecule has 1 saturated heterocycles. The molecule has 0 spiro atoms. The minimum Gasteiger partial charge on any atom is -0.350 e. The molecular formula is C14H23N3OS. The van der Waals surface area contributed by atoms with Crippen LogP contribution in [0.3, 0.4) is 0 Å². The van der Waals surface area contributed by atoms with Crippen molar-refractivity contribution in [2.45, 2.75) is 31.6 Å². The second kappa shape index (κ2) is 7.01. The molecule has 1 aliphatic rings. The zero-order chi connectivity index (χ0) is 13.7. The second-order valence-electron chi connectivity index (χ2n) is 5.06. The van der Waals surface area contributed by atoms with Crippen LogP contribution in [-0.2, 0) is 18.4 Å². The van der Waals surface area contributed by atoms with Gasteiger partial charge in [-0.05, 0) is 45.0 Å². The lowest BCUT2D eigenvalue weighted by atomic mass is 10.2. The van der Waals surface area contributed by atoms with Gasteiger partial charge in [-0.1, -0.05) is 0 Å². The summed E-state index contributed by atoms with van der Waals surface area (Å²) in [6, 6.07) is 4.14. The zero-order valence-electron chi connectivity index (χ0n) is 11.7. The predicted molar refractivity (Wildman–Crippen MR) is 80.3 cm³/mol. The Bertz CT molecular complexity index is 424. The van der Waals surface area contributed by atoms with E-state index in [0.29, 0.717) is 17.5 Å². The monoisotopic (exact) mass is 281 g/mol. The van der Waals surface area contributed by atoms with Gasteiger partial charge in [0.15, 0.2) is 0 Å². The Morgan fingerprint density at radius 3 is 2.84 bits per heavy atom. The number of aromatic nitrogens is 1. The van der Waals surface area contributed by atoms with Gasteiger partial charge in [-0.25, -0.2) is 0 Å². The quantitative estimate of drug-likeness (QED) is 0.858. The van der Waals surface area contributed by atoms with E-state index in [0.717, 1.165) is 18.8 Å². The van der Waals surface area contributed by atoms with Crippen LogP contribution in [0.5, 0.6) is 0 Å². The Kier molecular flexibility index (Phi) is 5.34. The summed E-state index contributed by atoms with van der Waals surface area (Å²) in [5.74, 6) is 0.719. The molecule has 5 heteroatoms. The van der Waals surface area contributed by atoms with E-state index in [-0.39, 0.29) is 5.91 Å². The van der Waals surface area contributed by atoms with Crippen LogP contribution in [-0.4, -0.2) is 34.6 Å². The van der Waals surface area contributed by atoms with Gasteiger partial charge in [0.2, 0.25) is 5.91 Å². The Morgan fingerprint density at radius 1 is 1.47 bits per heavy atom. The van der Waals surface area contributed by atoms with Gasteiger partial charge in [0.1, 0.15) is 0 Å². The Balaban J connectivity index is 1.68. The van der Waals surface area contributed by atoms with Crippen molar-refractivity contribution < 1.29 is 4.79 Å². The van der Waals surface area contributed by atoms with Crippen molar-refractivity contribution in [1.82, 2.24) is 15.2 Å². The van der Waals surface area contributed by atoms with Crippen LogP contribution >= 0.6 is 11.8 Å². The third-order valence-corrected chi connectivity index (χ3v) is 5.05. The van der Waals surface area contributed by atoms with Crippen LogP contribution in [0.25, 0.3) is 0 Å². The van der Waals surface area contributed by atoms with Crippen LogP contribution < -0.4 is 10.6 Å². The fourth-order valence-electron chi connectivity index (χ4n) is 2.24. The van der Waals surface area contributed by atoms with E-state index in [1.165, 1.54) is 18.5 Å². The van der Waals surface area contributed by atoms with Gasteiger partial charge in [0.05, 0.1) is 12.3 Å². The van der Waals surface area contributed by atoms with Gasteiger partial charge in [-0.3, -0.25) is 4.79 Å². The van der Waals surface area contributed by atoms with Crippen LogP contribution in [0.2, 0.25) is 0 Å². The van der Waals surface area contributed by atoms with Crippen LogP contribution in [0, 0.1) is 6.92 Å². The number of rotatable bonds is 5. The first kappa shape index (κ1) is 14.5. The molecule has 2 N–H and O–H groups in total. The number of nitrogens with zero attached hydrogens (tertiary/aromatic N) is 1. The maximum absolute atomic E-state index is 11.8. The van der Waals surface area contributed by atoms with Gasteiger partial charge in [0, 0.05) is 23.7 Å². The average molecular weight is 281 g/mol. The van der Waals surface area contributed by atoms with Crippen molar-refractivity contribution in [3.63, 3.8) is 0 Å². The molecule has 0 radical (unpaired) electrons. The number of nitrogens with one attached hydrogen (secondary N) is 2. The maximum atomic E-state index is 11.8. The second-order valence-corrected chi connectivity index (χ2v) is 6.35. The number of amides is 1. The lowest BCUT2D eigenvalue weighted by molar-refractivity contribution is -0.118. The molecule has 0 atom stereocenters. The highest BCUT2D eigenvalue weighted by atomic mass is 32.2. The van der Waals surface area contributed by atoms with E-state index >= 15 is 0 Å². The highest BCUT2D eigenvalue weighted by Crippen LogP contribution is 2.19. The molecule has 0 saturated carbocycles. The van der Waals surface area contributed by atoms with Gasteiger partial charge < -0.3 is 15.2 Å². The molecule has 2 heterocycles. The number of thioether (sulfide) groups is 1. The predicted octanol–water partition coefficient (Wildman–Crippen LogP) is 1.43. The summed E-state index contributed by atoms with van der Waals surface area (Å²) >= 11 is 1.79. The van der Waals surface area contributed by atoms with Crippen LogP contribution in [0.1, 0.15) is 24.2 Å². The summed E-state index contributed by atoms with van der Waals surface area (Å²) in [6.07, 6.45) is 2.35. The number of hydrogen-bond acceptors (Lipinski definition) is 3. The molecule has 19 heavy (non-hydrogen) atoms. The number of carbonyl (C=O) groups excluding carboxylic acids is 1. The van der Waals surface area contributed by atoms with E-state index in [1.807, 2.05) is 7.05 Å². The van der Waals surface area contributed by atoms with Crippen molar-refractivity contribution >= 4 is 17.7 Å². The van der Waals surface area contributed by atoms with E-state index in [9.17, 15) is 4.79 Å². The molecule has 1 aromatic heterocycles. The van der Waals surface area contributed by atoms with Gasteiger partial charge in [-0.15, -0.1) is 11.8 Å². The van der Waals surface area contributed by atoms with Gasteiger partial charge >= 0.3 is 0 Å². The molecule has 1 aliphatic heterocycles. The molecule has 0 aliphatic carbocycles. The lowest BCUT2D eigenvalue weighted by Crippen LogP contribution is -2.31.